The molecule has 0 amide bonds. The normalized spacial score (nSPS) is 19.2. The van der Waals surface area contributed by atoms with E-state index in [2.05, 4.69) is 31.9 Å². The van der Waals surface area contributed by atoms with Crippen LogP contribution in [0.5, 0.6) is 5.75 Å². The van der Waals surface area contributed by atoms with E-state index in [1.807, 2.05) is 12.1 Å². The summed E-state index contributed by atoms with van der Waals surface area (Å²) in [7, 11) is 0. The zero-order valence-electron chi connectivity index (χ0n) is 9.33. The third kappa shape index (κ3) is 3.02. The molecule has 0 bridgehead atoms. The number of benzene rings is 1. The Balaban J connectivity index is 2.21. The molecule has 1 heterocycles. The maximum Gasteiger partial charge on any atom is 0.143 e. The van der Waals surface area contributed by atoms with Gasteiger partial charge in [0.2, 0.25) is 0 Å². The Kier molecular flexibility index (Phi) is 4.47. The van der Waals surface area contributed by atoms with E-state index in [1.165, 1.54) is 0 Å². The highest BCUT2D eigenvalue weighted by Gasteiger charge is 2.23. The lowest BCUT2D eigenvalue weighted by Gasteiger charge is -2.28. The molecule has 1 aromatic rings. The highest BCUT2D eigenvalue weighted by atomic mass is 79.9. The van der Waals surface area contributed by atoms with E-state index in [4.69, 9.17) is 10.5 Å². The van der Waals surface area contributed by atoms with E-state index in [0.717, 1.165) is 31.6 Å². The largest absolute Gasteiger partial charge is 0.506 e. The maximum atomic E-state index is 9.67. The minimum absolute atomic E-state index is 0.00731. The molecule has 0 saturated carbocycles. The molecule has 0 spiro atoms. The van der Waals surface area contributed by atoms with Gasteiger partial charge in [0.25, 0.3) is 0 Å². The Hall–Kier alpha value is -0.100. The fourth-order valence-corrected chi connectivity index (χ4v) is 3.35. The fraction of sp³-hybridized carbons (Fsp3) is 0.500. The smallest absolute Gasteiger partial charge is 0.143 e. The van der Waals surface area contributed by atoms with Crippen LogP contribution in [0, 0.1) is 5.92 Å². The van der Waals surface area contributed by atoms with Crippen LogP contribution in [-0.2, 0) is 4.74 Å². The Morgan fingerprint density at radius 3 is 2.29 bits per heavy atom. The van der Waals surface area contributed by atoms with Gasteiger partial charge in [0.05, 0.1) is 8.95 Å². The summed E-state index contributed by atoms with van der Waals surface area (Å²) >= 11 is 6.66. The number of phenolic OH excluding ortho intramolecular Hbond substituents is 1. The highest BCUT2D eigenvalue weighted by Crippen LogP contribution is 2.37. The molecule has 0 radical (unpaired) electrons. The predicted molar refractivity (Wildman–Crippen MR) is 74.0 cm³/mol. The van der Waals surface area contributed by atoms with E-state index in [0.29, 0.717) is 14.9 Å². The van der Waals surface area contributed by atoms with Crippen LogP contribution in [0.25, 0.3) is 0 Å². The second-order valence-electron chi connectivity index (χ2n) is 4.31. The van der Waals surface area contributed by atoms with Crippen LogP contribution < -0.4 is 5.73 Å². The minimum Gasteiger partial charge on any atom is -0.506 e. The summed E-state index contributed by atoms with van der Waals surface area (Å²) in [4.78, 5) is 0. The molecule has 1 fully saturated rings. The lowest BCUT2D eigenvalue weighted by Crippen LogP contribution is -2.27. The van der Waals surface area contributed by atoms with Crippen molar-refractivity contribution in [1.82, 2.24) is 0 Å². The van der Waals surface area contributed by atoms with Gasteiger partial charge in [0.15, 0.2) is 0 Å². The molecule has 1 saturated heterocycles. The van der Waals surface area contributed by atoms with E-state index >= 15 is 0 Å². The number of phenols is 1. The first kappa shape index (κ1) is 13.3. The lowest BCUT2D eigenvalue weighted by atomic mass is 9.88. The van der Waals surface area contributed by atoms with Gasteiger partial charge in [-0.2, -0.15) is 0 Å². The quantitative estimate of drug-likeness (QED) is 0.846. The molecule has 0 aromatic heterocycles. The number of hydrogen-bond donors (Lipinski definition) is 2. The summed E-state index contributed by atoms with van der Waals surface area (Å²) in [5.74, 6) is 0.667. The van der Waals surface area contributed by atoms with Crippen molar-refractivity contribution in [2.24, 2.45) is 11.7 Å². The Morgan fingerprint density at radius 1 is 1.24 bits per heavy atom. The number of hydrogen-bond acceptors (Lipinski definition) is 3. The molecule has 1 aliphatic heterocycles. The third-order valence-electron chi connectivity index (χ3n) is 3.20. The summed E-state index contributed by atoms with van der Waals surface area (Å²) in [6.07, 6.45) is 1.99. The summed E-state index contributed by atoms with van der Waals surface area (Å²) in [5, 5.41) is 9.67. The van der Waals surface area contributed by atoms with Gasteiger partial charge in [-0.1, -0.05) is 0 Å². The number of nitrogens with two attached hydrogens (primary N) is 1. The van der Waals surface area contributed by atoms with E-state index < -0.39 is 0 Å². The monoisotopic (exact) mass is 363 g/mol. The molecule has 2 rings (SSSR count). The first-order valence-electron chi connectivity index (χ1n) is 5.61. The number of aromatic hydroxyl groups is 1. The van der Waals surface area contributed by atoms with Crippen molar-refractivity contribution in [2.45, 2.75) is 18.9 Å². The van der Waals surface area contributed by atoms with Crippen molar-refractivity contribution in [1.29, 1.82) is 0 Å². The third-order valence-corrected chi connectivity index (χ3v) is 4.41. The molecule has 3 N–H and O–H groups in total. The average Bonchev–Trinajstić information content (AvgIpc) is 2.35. The maximum absolute atomic E-state index is 9.67. The molecule has 0 aliphatic carbocycles. The zero-order chi connectivity index (χ0) is 12.4. The van der Waals surface area contributed by atoms with Gasteiger partial charge in [-0.15, -0.1) is 0 Å². The fourth-order valence-electron chi connectivity index (χ4n) is 2.12. The first-order valence-corrected chi connectivity index (χ1v) is 7.19. The number of ether oxygens (including phenoxy) is 1. The summed E-state index contributed by atoms with van der Waals surface area (Å²) in [5.41, 5.74) is 7.31. The molecule has 94 valence electrons. The zero-order valence-corrected chi connectivity index (χ0v) is 12.5. The molecular weight excluding hydrogens is 350 g/mol. The van der Waals surface area contributed by atoms with Crippen molar-refractivity contribution in [3.05, 3.63) is 26.6 Å². The average molecular weight is 365 g/mol. The van der Waals surface area contributed by atoms with Crippen LogP contribution in [0.3, 0.4) is 0 Å². The summed E-state index contributed by atoms with van der Waals surface area (Å²) in [6.45, 7) is 1.58. The summed E-state index contributed by atoms with van der Waals surface area (Å²) < 4.78 is 6.68. The SMILES string of the molecule is N[C@H](c1cc(Br)c(O)c(Br)c1)C1CCOCC1. The van der Waals surface area contributed by atoms with Gasteiger partial charge in [0, 0.05) is 19.3 Å². The minimum atomic E-state index is -0.00731. The van der Waals surface area contributed by atoms with Gasteiger partial charge in [-0.25, -0.2) is 0 Å². The molecule has 1 aliphatic rings. The van der Waals surface area contributed by atoms with Crippen molar-refractivity contribution >= 4 is 31.9 Å². The molecule has 5 heteroatoms. The highest BCUT2D eigenvalue weighted by molar-refractivity contribution is 9.11. The van der Waals surface area contributed by atoms with Crippen molar-refractivity contribution in [3.63, 3.8) is 0 Å². The van der Waals surface area contributed by atoms with Gasteiger partial charge < -0.3 is 15.6 Å². The number of rotatable bonds is 2. The van der Waals surface area contributed by atoms with Crippen LogP contribution in [-0.4, -0.2) is 18.3 Å². The molecule has 3 nitrogen and oxygen atoms in total. The molecule has 0 unspecified atom stereocenters. The Bertz CT molecular complexity index is 382. The standard InChI is InChI=1S/C12H15Br2NO2/c13-9-5-8(6-10(14)12(9)16)11(15)7-1-3-17-4-2-7/h5-7,11,16H,1-4,15H2/t11-/m0/s1. The van der Waals surface area contributed by atoms with Crippen molar-refractivity contribution in [2.75, 3.05) is 13.2 Å². The van der Waals surface area contributed by atoms with Gasteiger partial charge in [-0.05, 0) is 68.3 Å². The molecule has 1 aromatic carbocycles. The van der Waals surface area contributed by atoms with E-state index in [1.54, 1.807) is 0 Å². The van der Waals surface area contributed by atoms with Crippen LogP contribution in [0.1, 0.15) is 24.4 Å². The van der Waals surface area contributed by atoms with Crippen LogP contribution >= 0.6 is 31.9 Å². The Labute approximate surface area is 118 Å². The van der Waals surface area contributed by atoms with Crippen molar-refractivity contribution in [3.8, 4) is 5.75 Å². The van der Waals surface area contributed by atoms with Crippen LogP contribution in [0.2, 0.25) is 0 Å². The van der Waals surface area contributed by atoms with E-state index in [-0.39, 0.29) is 11.8 Å². The van der Waals surface area contributed by atoms with Crippen molar-refractivity contribution < 1.29 is 9.84 Å². The second kappa shape index (κ2) is 5.69. The van der Waals surface area contributed by atoms with Crippen LogP contribution in [0.15, 0.2) is 21.1 Å². The Morgan fingerprint density at radius 2 is 1.76 bits per heavy atom. The predicted octanol–water partition coefficient (Wildman–Crippen LogP) is 3.34. The van der Waals surface area contributed by atoms with E-state index in [9.17, 15) is 5.11 Å². The lowest BCUT2D eigenvalue weighted by molar-refractivity contribution is 0.0583. The van der Waals surface area contributed by atoms with Crippen LogP contribution in [0.4, 0.5) is 0 Å². The molecule has 1 atom stereocenters. The topological polar surface area (TPSA) is 55.5 Å². The summed E-state index contributed by atoms with van der Waals surface area (Å²) in [6, 6.07) is 3.77. The molecular formula is C12H15Br2NO2. The molecule has 17 heavy (non-hydrogen) atoms. The number of halogens is 2. The second-order valence-corrected chi connectivity index (χ2v) is 6.02. The van der Waals surface area contributed by atoms with Gasteiger partial charge in [0.1, 0.15) is 5.75 Å². The van der Waals surface area contributed by atoms with Gasteiger partial charge in [-0.3, -0.25) is 0 Å². The first-order chi connectivity index (χ1) is 8.09. The van der Waals surface area contributed by atoms with Gasteiger partial charge >= 0.3 is 0 Å².